The molecule has 0 saturated heterocycles. The number of halogens is 1. The van der Waals surface area contributed by atoms with Crippen LogP contribution in [0.2, 0.25) is 0 Å². The monoisotopic (exact) mass is 296 g/mol. The molecule has 0 heterocycles. The van der Waals surface area contributed by atoms with E-state index in [2.05, 4.69) is 5.32 Å². The van der Waals surface area contributed by atoms with Gasteiger partial charge in [-0.1, -0.05) is 19.1 Å². The third-order valence-corrected chi connectivity index (χ3v) is 3.30. The van der Waals surface area contributed by atoms with Crippen molar-refractivity contribution in [2.45, 2.75) is 45.9 Å². The molecular formula is C16H25FN2O2. The predicted molar refractivity (Wildman–Crippen MR) is 81.3 cm³/mol. The Hall–Kier alpha value is -1.46. The first-order valence-electron chi connectivity index (χ1n) is 7.21. The topological polar surface area (TPSA) is 52.6 Å². The third-order valence-electron chi connectivity index (χ3n) is 3.30. The number of likely N-dealkylation sites (N-methyl/N-ethyl adjacent to an activating group) is 1. The van der Waals surface area contributed by atoms with Crippen molar-refractivity contribution in [3.63, 3.8) is 0 Å². The van der Waals surface area contributed by atoms with Gasteiger partial charge in [-0.15, -0.1) is 0 Å². The van der Waals surface area contributed by atoms with Crippen molar-refractivity contribution in [1.29, 1.82) is 0 Å². The summed E-state index contributed by atoms with van der Waals surface area (Å²) >= 11 is 0. The fraction of sp³-hybridized carbons (Fsp3) is 0.562. The maximum Gasteiger partial charge on any atom is 0.237 e. The van der Waals surface area contributed by atoms with Crippen molar-refractivity contribution in [3.8, 4) is 0 Å². The number of aliphatic hydroxyl groups is 1. The zero-order chi connectivity index (χ0) is 16.0. The molecule has 0 saturated carbocycles. The molecule has 0 aliphatic rings. The molecule has 5 heteroatoms. The normalized spacial score (nSPS) is 13.3. The first-order valence-corrected chi connectivity index (χ1v) is 7.21. The SMILES string of the molecule is CCN(CC(C)(C)O)C(C)C(=O)NCc1ccc(F)cc1. The van der Waals surface area contributed by atoms with Crippen LogP contribution in [0.5, 0.6) is 0 Å². The molecule has 1 aromatic carbocycles. The van der Waals surface area contributed by atoms with Gasteiger partial charge in [0.15, 0.2) is 0 Å². The maximum atomic E-state index is 12.8. The van der Waals surface area contributed by atoms with Gasteiger partial charge in [-0.3, -0.25) is 9.69 Å². The molecule has 118 valence electrons. The van der Waals surface area contributed by atoms with Gasteiger partial charge in [0.25, 0.3) is 0 Å². The Bertz CT molecular complexity index is 454. The number of hydrogen-bond donors (Lipinski definition) is 2. The number of hydrogen-bond acceptors (Lipinski definition) is 3. The molecule has 0 aliphatic heterocycles. The van der Waals surface area contributed by atoms with Crippen molar-refractivity contribution < 1.29 is 14.3 Å². The first kappa shape index (κ1) is 17.6. The number of amides is 1. The van der Waals surface area contributed by atoms with Crippen molar-refractivity contribution in [2.24, 2.45) is 0 Å². The van der Waals surface area contributed by atoms with Gasteiger partial charge in [0.05, 0.1) is 11.6 Å². The Labute approximate surface area is 126 Å². The second kappa shape index (κ2) is 7.52. The van der Waals surface area contributed by atoms with E-state index in [-0.39, 0.29) is 17.8 Å². The van der Waals surface area contributed by atoms with Crippen LogP contribution >= 0.6 is 0 Å². The van der Waals surface area contributed by atoms with E-state index >= 15 is 0 Å². The summed E-state index contributed by atoms with van der Waals surface area (Å²) < 4.78 is 12.8. The molecule has 0 aromatic heterocycles. The van der Waals surface area contributed by atoms with Gasteiger partial charge in [0.1, 0.15) is 5.82 Å². The molecule has 4 nitrogen and oxygen atoms in total. The Kier molecular flexibility index (Phi) is 6.30. The molecule has 0 radical (unpaired) electrons. The number of carbonyl (C=O) groups excluding carboxylic acids is 1. The van der Waals surface area contributed by atoms with E-state index in [9.17, 15) is 14.3 Å². The van der Waals surface area contributed by atoms with E-state index in [0.717, 1.165) is 5.56 Å². The molecule has 2 N–H and O–H groups in total. The van der Waals surface area contributed by atoms with Crippen LogP contribution in [-0.2, 0) is 11.3 Å². The maximum absolute atomic E-state index is 12.8. The fourth-order valence-corrected chi connectivity index (χ4v) is 2.12. The summed E-state index contributed by atoms with van der Waals surface area (Å²) in [5.41, 5.74) is 0.00380. The summed E-state index contributed by atoms with van der Waals surface area (Å²) in [4.78, 5) is 14.1. The van der Waals surface area contributed by atoms with Crippen molar-refractivity contribution >= 4 is 5.91 Å². The Balaban J connectivity index is 2.54. The highest BCUT2D eigenvalue weighted by molar-refractivity contribution is 5.81. The standard InChI is InChI=1S/C16H25FN2O2/c1-5-19(11-16(3,4)21)12(2)15(20)18-10-13-6-8-14(17)9-7-13/h6-9,12,21H,5,10-11H2,1-4H3,(H,18,20). The first-order chi connectivity index (χ1) is 9.73. The van der Waals surface area contributed by atoms with Crippen molar-refractivity contribution in [1.82, 2.24) is 10.2 Å². The zero-order valence-corrected chi connectivity index (χ0v) is 13.2. The lowest BCUT2D eigenvalue weighted by Crippen LogP contribution is -2.49. The molecule has 1 amide bonds. The summed E-state index contributed by atoms with van der Waals surface area (Å²) in [6.45, 7) is 8.68. The highest BCUT2D eigenvalue weighted by atomic mass is 19.1. The van der Waals surface area contributed by atoms with Gasteiger partial charge < -0.3 is 10.4 Å². The smallest absolute Gasteiger partial charge is 0.237 e. The minimum atomic E-state index is -0.846. The van der Waals surface area contributed by atoms with Crippen LogP contribution in [-0.4, -0.2) is 40.6 Å². The highest BCUT2D eigenvalue weighted by Crippen LogP contribution is 2.09. The quantitative estimate of drug-likeness (QED) is 0.808. The van der Waals surface area contributed by atoms with E-state index in [1.54, 1.807) is 26.0 Å². The molecule has 0 bridgehead atoms. The van der Waals surface area contributed by atoms with Crippen LogP contribution in [0.15, 0.2) is 24.3 Å². The lowest BCUT2D eigenvalue weighted by Gasteiger charge is -2.32. The largest absolute Gasteiger partial charge is 0.389 e. The van der Waals surface area contributed by atoms with Crippen LogP contribution in [0, 0.1) is 5.82 Å². The number of rotatable bonds is 7. The van der Waals surface area contributed by atoms with Gasteiger partial charge >= 0.3 is 0 Å². The van der Waals surface area contributed by atoms with Gasteiger partial charge in [-0.2, -0.15) is 0 Å². The summed E-state index contributed by atoms with van der Waals surface area (Å²) in [6.07, 6.45) is 0. The predicted octanol–water partition coefficient (Wildman–Crippen LogP) is 1.92. The molecule has 1 unspecified atom stereocenters. The molecule has 21 heavy (non-hydrogen) atoms. The lowest BCUT2D eigenvalue weighted by atomic mass is 10.1. The highest BCUT2D eigenvalue weighted by Gasteiger charge is 2.25. The van der Waals surface area contributed by atoms with E-state index < -0.39 is 5.60 Å². The second-order valence-corrected chi connectivity index (χ2v) is 5.90. The average Bonchev–Trinajstić information content (AvgIpc) is 2.42. The van der Waals surface area contributed by atoms with E-state index in [0.29, 0.717) is 19.6 Å². The van der Waals surface area contributed by atoms with Crippen LogP contribution in [0.3, 0.4) is 0 Å². The number of nitrogens with one attached hydrogen (secondary N) is 1. The molecule has 1 atom stereocenters. The third kappa shape index (κ3) is 6.23. The van der Waals surface area contributed by atoms with Crippen LogP contribution in [0.1, 0.15) is 33.3 Å². The molecule has 0 fully saturated rings. The Morgan fingerprint density at radius 3 is 2.43 bits per heavy atom. The summed E-state index contributed by atoms with van der Waals surface area (Å²) in [5, 5.41) is 12.7. The van der Waals surface area contributed by atoms with Crippen LogP contribution in [0.25, 0.3) is 0 Å². The van der Waals surface area contributed by atoms with E-state index in [1.807, 2.05) is 18.7 Å². The van der Waals surface area contributed by atoms with Crippen LogP contribution in [0.4, 0.5) is 4.39 Å². The van der Waals surface area contributed by atoms with Crippen LogP contribution < -0.4 is 5.32 Å². The average molecular weight is 296 g/mol. The lowest BCUT2D eigenvalue weighted by molar-refractivity contribution is -0.127. The summed E-state index contributed by atoms with van der Waals surface area (Å²) in [6, 6.07) is 5.71. The molecular weight excluding hydrogens is 271 g/mol. The van der Waals surface area contributed by atoms with E-state index in [4.69, 9.17) is 0 Å². The van der Waals surface area contributed by atoms with Gasteiger partial charge in [-0.25, -0.2) is 4.39 Å². The molecule has 1 rings (SSSR count). The summed E-state index contributed by atoms with van der Waals surface area (Å²) in [7, 11) is 0. The minimum Gasteiger partial charge on any atom is -0.389 e. The van der Waals surface area contributed by atoms with Gasteiger partial charge in [0, 0.05) is 13.1 Å². The Morgan fingerprint density at radius 1 is 1.38 bits per heavy atom. The fourth-order valence-electron chi connectivity index (χ4n) is 2.12. The van der Waals surface area contributed by atoms with Gasteiger partial charge in [-0.05, 0) is 45.0 Å². The molecule has 0 aliphatic carbocycles. The Morgan fingerprint density at radius 2 is 1.95 bits per heavy atom. The second-order valence-electron chi connectivity index (χ2n) is 5.90. The van der Waals surface area contributed by atoms with Gasteiger partial charge in [0.2, 0.25) is 5.91 Å². The summed E-state index contributed by atoms with van der Waals surface area (Å²) in [5.74, 6) is -0.397. The number of nitrogens with zero attached hydrogens (tertiary/aromatic N) is 1. The molecule has 1 aromatic rings. The zero-order valence-electron chi connectivity index (χ0n) is 13.2. The number of carbonyl (C=O) groups is 1. The molecule has 0 spiro atoms. The van der Waals surface area contributed by atoms with Crippen molar-refractivity contribution in [3.05, 3.63) is 35.6 Å². The van der Waals surface area contributed by atoms with E-state index in [1.165, 1.54) is 12.1 Å². The van der Waals surface area contributed by atoms with Crippen molar-refractivity contribution in [2.75, 3.05) is 13.1 Å². The number of benzene rings is 1. The minimum absolute atomic E-state index is 0.106.